The third-order valence-corrected chi connectivity index (χ3v) is 10.9. The van der Waals surface area contributed by atoms with E-state index in [2.05, 4.69) is 27.3 Å². The second-order valence-electron chi connectivity index (χ2n) is 12.8. The van der Waals surface area contributed by atoms with Gasteiger partial charge in [-0.15, -0.1) is 0 Å². The Morgan fingerprint density at radius 1 is 1.05 bits per heavy atom. The Morgan fingerprint density at radius 2 is 1.75 bits per heavy atom. The van der Waals surface area contributed by atoms with Crippen molar-refractivity contribution in [3.05, 3.63) is 34.9 Å². The van der Waals surface area contributed by atoms with Crippen molar-refractivity contribution in [2.45, 2.75) is 74.5 Å². The predicted molar refractivity (Wildman–Crippen MR) is 167 cm³/mol. The molecule has 3 N–H and O–H groups in total. The quantitative estimate of drug-likeness (QED) is 0.374. The van der Waals surface area contributed by atoms with E-state index in [1.165, 1.54) is 0 Å². The summed E-state index contributed by atoms with van der Waals surface area (Å²) in [6.45, 7) is 2.75. The molecule has 2 amide bonds. The molecule has 2 saturated heterocycles. The lowest BCUT2D eigenvalue weighted by molar-refractivity contribution is -0.135. The van der Waals surface area contributed by atoms with Crippen molar-refractivity contribution in [2.75, 3.05) is 43.6 Å². The van der Waals surface area contributed by atoms with Crippen molar-refractivity contribution in [3.63, 3.8) is 0 Å². The van der Waals surface area contributed by atoms with Crippen LogP contribution in [0.4, 0.5) is 11.4 Å². The maximum Gasteiger partial charge on any atom is 0.329 e. The van der Waals surface area contributed by atoms with Crippen molar-refractivity contribution in [2.24, 2.45) is 13.0 Å². The molecule has 13 nitrogen and oxygen atoms in total. The molecule has 44 heavy (non-hydrogen) atoms. The number of nitrogens with zero attached hydrogens (tertiary/aromatic N) is 6. The van der Waals surface area contributed by atoms with Crippen molar-refractivity contribution in [1.82, 2.24) is 29.1 Å². The average Bonchev–Trinajstić information content (AvgIpc) is 3.51. The SMILES string of the molecule is CN(C[C@H]1CC[C@H](n2cc(N)c(S(C)(=O)=O)n2)CC1)C1CCN(c2cccc3c2n(C)c(=O)n3C2CCC(=O)NC2=O)CC1. The number of carbonyl (C=O) groups excluding carboxylic acids is 2. The second-order valence-corrected chi connectivity index (χ2v) is 14.7. The summed E-state index contributed by atoms with van der Waals surface area (Å²) < 4.78 is 28.8. The van der Waals surface area contributed by atoms with Crippen LogP contribution in [0.5, 0.6) is 0 Å². The molecule has 2 aromatic heterocycles. The summed E-state index contributed by atoms with van der Waals surface area (Å²) in [7, 11) is 0.517. The molecule has 14 heteroatoms. The van der Waals surface area contributed by atoms with Crippen LogP contribution in [-0.4, -0.2) is 83.0 Å². The zero-order chi connectivity index (χ0) is 31.3. The van der Waals surface area contributed by atoms with Crippen LogP contribution in [0.15, 0.2) is 34.2 Å². The average molecular weight is 627 g/mol. The largest absolute Gasteiger partial charge is 0.395 e. The summed E-state index contributed by atoms with van der Waals surface area (Å²) in [5.74, 6) is -0.150. The maximum atomic E-state index is 13.3. The Balaban J connectivity index is 1.07. The molecule has 1 atom stereocenters. The minimum absolute atomic E-state index is 0.0314. The number of para-hydroxylation sites is 1. The highest BCUT2D eigenvalue weighted by molar-refractivity contribution is 7.90. The van der Waals surface area contributed by atoms with Gasteiger partial charge in [-0.1, -0.05) is 6.07 Å². The highest BCUT2D eigenvalue weighted by atomic mass is 32.2. The Hall–Kier alpha value is -3.65. The standard InChI is InChI=1S/C30H42N8O5S/c1-34(17-19-7-9-21(10-8-19)37-18-22(31)29(33-37)44(3,42)43)20-13-15-36(16-14-20)23-5-4-6-24-27(23)35(2)30(41)38(24)25-11-12-26(39)32-28(25)40/h4-6,18-21,25H,7-17,31H2,1-3H3,(H,32,39,40)/t19-,21-,25?. The Morgan fingerprint density at radius 3 is 2.39 bits per heavy atom. The minimum Gasteiger partial charge on any atom is -0.395 e. The third-order valence-electron chi connectivity index (χ3n) is 9.84. The fraction of sp³-hybridized carbons (Fsp3) is 0.600. The molecule has 1 unspecified atom stereocenters. The fourth-order valence-corrected chi connectivity index (χ4v) is 8.19. The molecule has 3 fully saturated rings. The van der Waals surface area contributed by atoms with Gasteiger partial charge >= 0.3 is 5.69 Å². The first-order valence-electron chi connectivity index (χ1n) is 15.5. The number of imidazole rings is 1. The number of aryl methyl sites for hydroxylation is 1. The highest BCUT2D eigenvalue weighted by Gasteiger charge is 2.33. The van der Waals surface area contributed by atoms with Crippen LogP contribution in [0.3, 0.4) is 0 Å². The van der Waals surface area contributed by atoms with Gasteiger partial charge in [0, 0.05) is 51.6 Å². The van der Waals surface area contributed by atoms with Crippen LogP contribution < -0.4 is 21.6 Å². The van der Waals surface area contributed by atoms with E-state index >= 15 is 0 Å². The molecule has 0 spiro atoms. The first kappa shape index (κ1) is 30.4. The monoisotopic (exact) mass is 626 g/mol. The number of aromatic nitrogens is 4. The van der Waals surface area contributed by atoms with Crippen molar-refractivity contribution in [3.8, 4) is 0 Å². The summed E-state index contributed by atoms with van der Waals surface area (Å²) in [5.41, 5.74) is 8.41. The lowest BCUT2D eigenvalue weighted by Crippen LogP contribution is -2.45. The number of imide groups is 1. The van der Waals surface area contributed by atoms with Gasteiger partial charge in [0.25, 0.3) is 0 Å². The van der Waals surface area contributed by atoms with E-state index in [1.54, 1.807) is 27.1 Å². The summed E-state index contributed by atoms with van der Waals surface area (Å²) in [6.07, 6.45) is 9.34. The van der Waals surface area contributed by atoms with E-state index in [4.69, 9.17) is 5.73 Å². The number of nitrogens with one attached hydrogen (secondary N) is 1. The number of carbonyl (C=O) groups is 2. The lowest BCUT2D eigenvalue weighted by Gasteiger charge is -2.40. The molecular weight excluding hydrogens is 584 g/mol. The number of benzene rings is 1. The van der Waals surface area contributed by atoms with Crippen molar-refractivity contribution >= 4 is 44.1 Å². The summed E-state index contributed by atoms with van der Waals surface area (Å²) in [4.78, 5) is 42.5. The van der Waals surface area contributed by atoms with Crippen LogP contribution >= 0.6 is 0 Å². The van der Waals surface area contributed by atoms with Gasteiger partial charge in [-0.05, 0) is 70.0 Å². The smallest absolute Gasteiger partial charge is 0.329 e. The van der Waals surface area contributed by atoms with E-state index in [-0.39, 0.29) is 34.8 Å². The zero-order valence-electron chi connectivity index (χ0n) is 25.6. The van der Waals surface area contributed by atoms with E-state index in [1.807, 2.05) is 18.2 Å². The van der Waals surface area contributed by atoms with Crippen LogP contribution in [0.2, 0.25) is 0 Å². The summed E-state index contributed by atoms with van der Waals surface area (Å²) >= 11 is 0. The topological polar surface area (TPSA) is 158 Å². The van der Waals surface area contributed by atoms with Gasteiger partial charge in [-0.2, -0.15) is 5.10 Å². The summed E-state index contributed by atoms with van der Waals surface area (Å²) in [5, 5.41) is 6.64. The lowest BCUT2D eigenvalue weighted by atomic mass is 9.85. The van der Waals surface area contributed by atoms with Crippen molar-refractivity contribution in [1.29, 1.82) is 0 Å². The molecule has 0 radical (unpaired) electrons. The molecule has 238 valence electrons. The number of nitrogen functional groups attached to an aromatic ring is 1. The summed E-state index contributed by atoms with van der Waals surface area (Å²) in [6, 6.07) is 5.80. The molecular formula is C30H42N8O5S. The number of piperidine rings is 2. The van der Waals surface area contributed by atoms with Crippen LogP contribution in [0.25, 0.3) is 11.0 Å². The molecule has 2 aliphatic heterocycles. The van der Waals surface area contributed by atoms with E-state index in [0.29, 0.717) is 23.9 Å². The molecule has 1 aromatic carbocycles. The van der Waals surface area contributed by atoms with Gasteiger partial charge in [0.2, 0.25) is 11.8 Å². The molecule has 3 aliphatic rings. The molecule has 3 aromatic rings. The van der Waals surface area contributed by atoms with Gasteiger partial charge in [-0.25, -0.2) is 13.2 Å². The fourth-order valence-electron chi connectivity index (χ4n) is 7.46. The zero-order valence-corrected chi connectivity index (χ0v) is 26.4. The molecule has 1 aliphatic carbocycles. The molecule has 6 rings (SSSR count). The number of hydrogen-bond acceptors (Lipinski definition) is 9. The van der Waals surface area contributed by atoms with E-state index < -0.39 is 21.8 Å². The highest BCUT2D eigenvalue weighted by Crippen LogP contribution is 2.35. The Labute approximate surface area is 256 Å². The van der Waals surface area contributed by atoms with E-state index in [0.717, 1.165) is 75.6 Å². The normalized spacial score (nSPS) is 23.9. The van der Waals surface area contributed by atoms with Crippen LogP contribution in [0.1, 0.15) is 63.5 Å². The first-order valence-corrected chi connectivity index (χ1v) is 17.3. The third kappa shape index (κ3) is 5.65. The number of rotatable bonds is 7. The van der Waals surface area contributed by atoms with Gasteiger partial charge in [-0.3, -0.25) is 28.7 Å². The molecule has 4 heterocycles. The number of nitrogens with two attached hydrogens (primary N) is 1. The molecule has 1 saturated carbocycles. The van der Waals surface area contributed by atoms with Gasteiger partial charge in [0.05, 0.1) is 28.5 Å². The van der Waals surface area contributed by atoms with Gasteiger partial charge < -0.3 is 15.5 Å². The molecule has 0 bridgehead atoms. The van der Waals surface area contributed by atoms with Crippen LogP contribution in [0, 0.1) is 5.92 Å². The number of fused-ring (bicyclic) bond motifs is 1. The van der Waals surface area contributed by atoms with Gasteiger partial charge in [0.1, 0.15) is 6.04 Å². The Bertz CT molecular complexity index is 1740. The van der Waals surface area contributed by atoms with Crippen molar-refractivity contribution < 1.29 is 18.0 Å². The minimum atomic E-state index is -3.44. The maximum absolute atomic E-state index is 13.3. The second kappa shape index (κ2) is 11.7. The van der Waals surface area contributed by atoms with E-state index in [9.17, 15) is 22.8 Å². The predicted octanol–water partition coefficient (Wildman–Crippen LogP) is 1.83. The van der Waals surface area contributed by atoms with Crippen LogP contribution in [-0.2, 0) is 26.5 Å². The Kier molecular flexibility index (Phi) is 8.07. The number of sulfone groups is 1. The number of hydrogen-bond donors (Lipinski definition) is 2. The first-order chi connectivity index (χ1) is 20.9. The van der Waals surface area contributed by atoms with Gasteiger partial charge in [0.15, 0.2) is 14.9 Å². The number of anilines is 2. The number of amides is 2.